The fraction of sp³-hybridized carbons (Fsp3) is 0.0435. The predicted octanol–water partition coefficient (Wildman–Crippen LogP) is 5.75. The van der Waals surface area contributed by atoms with Crippen molar-refractivity contribution in [1.82, 2.24) is 4.98 Å². The lowest BCUT2D eigenvalue weighted by atomic mass is 9.95. The van der Waals surface area contributed by atoms with E-state index in [4.69, 9.17) is 0 Å². The molecule has 4 rings (SSSR count). The molecule has 4 aromatic rings. The molecule has 0 unspecified atom stereocenters. The summed E-state index contributed by atoms with van der Waals surface area (Å²) in [5.74, 6) is 0. The topological polar surface area (TPSA) is 36.7 Å². The Hall–Kier alpha value is -3.44. The van der Waals surface area contributed by atoms with Crippen LogP contribution in [-0.2, 0) is 0 Å². The van der Waals surface area contributed by atoms with Crippen molar-refractivity contribution < 1.29 is 0 Å². The van der Waals surface area contributed by atoms with E-state index in [0.29, 0.717) is 5.56 Å². The zero-order valence-electron chi connectivity index (χ0n) is 13.9. The van der Waals surface area contributed by atoms with Gasteiger partial charge in [0.15, 0.2) is 0 Å². The molecule has 0 bridgehead atoms. The molecule has 3 aromatic carbocycles. The predicted molar refractivity (Wildman–Crippen MR) is 102 cm³/mol. The average molecular weight is 320 g/mol. The first-order valence-corrected chi connectivity index (χ1v) is 8.22. The average Bonchev–Trinajstić information content (AvgIpc) is 2.67. The second-order valence-corrected chi connectivity index (χ2v) is 6.10. The molecular weight excluding hydrogens is 304 g/mol. The van der Waals surface area contributed by atoms with Gasteiger partial charge in [-0.3, -0.25) is 4.98 Å². The molecule has 2 nitrogen and oxygen atoms in total. The van der Waals surface area contributed by atoms with Gasteiger partial charge in [0, 0.05) is 11.1 Å². The van der Waals surface area contributed by atoms with Crippen LogP contribution in [0.3, 0.4) is 0 Å². The van der Waals surface area contributed by atoms with Crippen molar-refractivity contribution in [3.8, 4) is 28.3 Å². The van der Waals surface area contributed by atoms with E-state index in [1.807, 2.05) is 55.5 Å². The van der Waals surface area contributed by atoms with Gasteiger partial charge in [0.1, 0.15) is 0 Å². The van der Waals surface area contributed by atoms with Gasteiger partial charge >= 0.3 is 0 Å². The fourth-order valence-electron chi connectivity index (χ4n) is 3.08. The van der Waals surface area contributed by atoms with Crippen LogP contribution >= 0.6 is 0 Å². The molecule has 1 heterocycles. The Labute approximate surface area is 147 Å². The van der Waals surface area contributed by atoms with E-state index >= 15 is 0 Å². The summed E-state index contributed by atoms with van der Waals surface area (Å²) in [6.45, 7) is 1.99. The monoisotopic (exact) mass is 320 g/mol. The van der Waals surface area contributed by atoms with Crippen LogP contribution in [0.25, 0.3) is 33.2 Å². The molecule has 118 valence electrons. The summed E-state index contributed by atoms with van der Waals surface area (Å²) in [7, 11) is 0. The Balaban J connectivity index is 1.83. The van der Waals surface area contributed by atoms with Crippen LogP contribution < -0.4 is 0 Å². The number of nitriles is 1. The van der Waals surface area contributed by atoms with Crippen molar-refractivity contribution in [3.05, 3.63) is 90.1 Å². The zero-order chi connectivity index (χ0) is 17.2. The number of benzene rings is 3. The van der Waals surface area contributed by atoms with Crippen LogP contribution in [0.15, 0.2) is 78.9 Å². The van der Waals surface area contributed by atoms with E-state index in [-0.39, 0.29) is 0 Å². The second-order valence-electron chi connectivity index (χ2n) is 6.10. The molecule has 0 saturated heterocycles. The number of aromatic nitrogens is 1. The molecule has 0 aliphatic rings. The number of fused-ring (bicyclic) bond motifs is 1. The van der Waals surface area contributed by atoms with E-state index in [1.54, 1.807) is 0 Å². The van der Waals surface area contributed by atoms with Crippen LogP contribution in [0, 0.1) is 18.3 Å². The summed E-state index contributed by atoms with van der Waals surface area (Å²) < 4.78 is 0. The number of nitrogens with zero attached hydrogens (tertiary/aromatic N) is 2. The van der Waals surface area contributed by atoms with Crippen molar-refractivity contribution >= 4 is 10.9 Å². The Bertz CT molecular complexity index is 1110. The summed E-state index contributed by atoms with van der Waals surface area (Å²) in [6.07, 6.45) is 0. The number of pyridine rings is 1. The Kier molecular flexibility index (Phi) is 3.76. The molecule has 0 atom stereocenters. The molecule has 2 heteroatoms. The summed E-state index contributed by atoms with van der Waals surface area (Å²) in [5, 5.41) is 10.7. The van der Waals surface area contributed by atoms with Gasteiger partial charge in [0.25, 0.3) is 0 Å². The fourth-order valence-corrected chi connectivity index (χ4v) is 3.08. The number of hydrogen-bond donors (Lipinski definition) is 0. The summed E-state index contributed by atoms with van der Waals surface area (Å²) in [6, 6.07) is 28.7. The van der Waals surface area contributed by atoms with Crippen molar-refractivity contribution in [2.45, 2.75) is 6.92 Å². The minimum Gasteiger partial charge on any atom is -0.253 e. The maximum atomic E-state index is 9.60. The number of hydrogen-bond acceptors (Lipinski definition) is 2. The highest BCUT2D eigenvalue weighted by molar-refractivity contribution is 5.85. The summed E-state index contributed by atoms with van der Waals surface area (Å²) in [5.41, 5.74) is 6.78. The van der Waals surface area contributed by atoms with Crippen LogP contribution in [0.4, 0.5) is 0 Å². The van der Waals surface area contributed by atoms with Crippen molar-refractivity contribution in [1.29, 1.82) is 5.26 Å². The van der Waals surface area contributed by atoms with Gasteiger partial charge in [0.05, 0.1) is 17.1 Å². The van der Waals surface area contributed by atoms with Gasteiger partial charge in [-0.2, -0.15) is 5.26 Å². The second kappa shape index (κ2) is 6.22. The van der Waals surface area contributed by atoms with Gasteiger partial charge in [-0.15, -0.1) is 0 Å². The van der Waals surface area contributed by atoms with Crippen molar-refractivity contribution in [3.63, 3.8) is 0 Å². The van der Waals surface area contributed by atoms with Crippen LogP contribution in [0.1, 0.15) is 11.3 Å². The molecule has 0 aliphatic heterocycles. The Morgan fingerprint density at radius 3 is 2.28 bits per heavy atom. The van der Waals surface area contributed by atoms with E-state index in [9.17, 15) is 5.26 Å². The molecule has 0 fully saturated rings. The SMILES string of the molecule is Cc1ccc2ccc(-c3ccc(-c4ccccc4)c(C#N)c3)cc2n1. The Morgan fingerprint density at radius 2 is 1.48 bits per heavy atom. The maximum absolute atomic E-state index is 9.60. The minimum atomic E-state index is 0.681. The van der Waals surface area contributed by atoms with Gasteiger partial charge in [-0.25, -0.2) is 0 Å². The third-order valence-electron chi connectivity index (χ3n) is 4.39. The molecule has 0 spiro atoms. The molecular formula is C23H16N2. The standard InChI is InChI=1S/C23H16N2/c1-16-7-8-18-9-10-20(14-23(18)25-16)19-11-12-22(21(13-19)15-24)17-5-3-2-4-6-17/h2-14H,1H3. The lowest BCUT2D eigenvalue weighted by Crippen LogP contribution is -1.88. The van der Waals surface area contributed by atoms with E-state index in [0.717, 1.165) is 38.9 Å². The first kappa shape index (κ1) is 15.1. The van der Waals surface area contributed by atoms with Gasteiger partial charge in [-0.05, 0) is 47.4 Å². The van der Waals surface area contributed by atoms with Crippen molar-refractivity contribution in [2.75, 3.05) is 0 Å². The highest BCUT2D eigenvalue weighted by Gasteiger charge is 2.08. The van der Waals surface area contributed by atoms with Crippen LogP contribution in [-0.4, -0.2) is 4.98 Å². The normalized spacial score (nSPS) is 10.6. The highest BCUT2D eigenvalue weighted by atomic mass is 14.7. The smallest absolute Gasteiger partial charge is 0.0998 e. The van der Waals surface area contributed by atoms with Crippen molar-refractivity contribution in [2.24, 2.45) is 0 Å². The number of aryl methyl sites for hydroxylation is 1. The molecule has 0 amide bonds. The minimum absolute atomic E-state index is 0.681. The van der Waals surface area contributed by atoms with E-state index in [1.165, 1.54) is 0 Å². The lowest BCUT2D eigenvalue weighted by Gasteiger charge is -2.09. The molecule has 0 saturated carbocycles. The summed E-state index contributed by atoms with van der Waals surface area (Å²) >= 11 is 0. The van der Waals surface area contributed by atoms with Crippen LogP contribution in [0.2, 0.25) is 0 Å². The van der Waals surface area contributed by atoms with Gasteiger partial charge in [-0.1, -0.05) is 60.7 Å². The third-order valence-corrected chi connectivity index (χ3v) is 4.39. The van der Waals surface area contributed by atoms with Gasteiger partial charge < -0.3 is 0 Å². The summed E-state index contributed by atoms with van der Waals surface area (Å²) in [4.78, 5) is 4.60. The molecule has 25 heavy (non-hydrogen) atoms. The van der Waals surface area contributed by atoms with E-state index < -0.39 is 0 Å². The molecule has 0 radical (unpaired) electrons. The van der Waals surface area contributed by atoms with Crippen LogP contribution in [0.5, 0.6) is 0 Å². The molecule has 0 aliphatic carbocycles. The van der Waals surface area contributed by atoms with Gasteiger partial charge in [0.2, 0.25) is 0 Å². The first-order chi connectivity index (χ1) is 12.2. The molecule has 1 aromatic heterocycles. The maximum Gasteiger partial charge on any atom is 0.0998 e. The third kappa shape index (κ3) is 2.88. The van der Waals surface area contributed by atoms with E-state index in [2.05, 4.69) is 41.4 Å². The Morgan fingerprint density at radius 1 is 0.760 bits per heavy atom. The molecule has 0 N–H and O–H groups in total. The quantitative estimate of drug-likeness (QED) is 0.471. The largest absolute Gasteiger partial charge is 0.253 e. The number of rotatable bonds is 2. The highest BCUT2D eigenvalue weighted by Crippen LogP contribution is 2.30. The zero-order valence-corrected chi connectivity index (χ0v) is 13.9. The first-order valence-electron chi connectivity index (χ1n) is 8.22. The lowest BCUT2D eigenvalue weighted by molar-refractivity contribution is 1.26.